The van der Waals surface area contributed by atoms with E-state index in [0.29, 0.717) is 5.56 Å². The third kappa shape index (κ3) is 3.76. The summed E-state index contributed by atoms with van der Waals surface area (Å²) in [6, 6.07) is 3.77. The molecule has 0 aliphatic carbocycles. The van der Waals surface area contributed by atoms with Crippen molar-refractivity contribution in [3.05, 3.63) is 29.6 Å². The molecule has 1 rings (SSSR count). The minimum Gasteiger partial charge on any atom is -0.316 e. The highest BCUT2D eigenvalue weighted by atomic mass is 32.2. The largest absolute Gasteiger partial charge is 0.316 e. The Morgan fingerprint density at radius 1 is 1.41 bits per heavy atom. The minimum absolute atomic E-state index is 0.0336. The summed E-state index contributed by atoms with van der Waals surface area (Å²) in [5.41, 5.74) is 0.314. The summed E-state index contributed by atoms with van der Waals surface area (Å²) in [6.45, 7) is 3.68. The molecule has 2 N–H and O–H groups in total. The standard InChI is InChI=1S/C11H17FN2O2S/c1-8-6-10(4-5-11(8)12)17(15,16)14-7-9(2)13-3/h4-6,9,13-14H,7H2,1-3H3. The highest BCUT2D eigenvalue weighted by Crippen LogP contribution is 2.13. The molecule has 1 aromatic carbocycles. The summed E-state index contributed by atoms with van der Waals surface area (Å²) in [7, 11) is -1.81. The molecule has 0 aliphatic heterocycles. The number of rotatable bonds is 5. The summed E-state index contributed by atoms with van der Waals surface area (Å²) in [6.07, 6.45) is 0. The molecule has 0 spiro atoms. The van der Waals surface area contributed by atoms with Crippen LogP contribution in [-0.4, -0.2) is 28.1 Å². The van der Waals surface area contributed by atoms with E-state index in [1.165, 1.54) is 19.1 Å². The normalized spacial score (nSPS) is 13.6. The van der Waals surface area contributed by atoms with Crippen molar-refractivity contribution < 1.29 is 12.8 Å². The van der Waals surface area contributed by atoms with Crippen molar-refractivity contribution in [1.82, 2.24) is 10.0 Å². The van der Waals surface area contributed by atoms with Crippen molar-refractivity contribution in [3.8, 4) is 0 Å². The van der Waals surface area contributed by atoms with Gasteiger partial charge in [0, 0.05) is 12.6 Å². The lowest BCUT2D eigenvalue weighted by Crippen LogP contribution is -2.37. The highest BCUT2D eigenvalue weighted by molar-refractivity contribution is 7.89. The Kier molecular flexibility index (Phi) is 4.62. The van der Waals surface area contributed by atoms with Crippen LogP contribution >= 0.6 is 0 Å². The third-order valence-electron chi connectivity index (χ3n) is 2.51. The highest BCUT2D eigenvalue weighted by Gasteiger charge is 2.15. The van der Waals surface area contributed by atoms with Gasteiger partial charge in [-0.3, -0.25) is 0 Å². The maximum atomic E-state index is 13.0. The summed E-state index contributed by atoms with van der Waals surface area (Å²) < 4.78 is 39.2. The van der Waals surface area contributed by atoms with Crippen molar-refractivity contribution in [3.63, 3.8) is 0 Å². The van der Waals surface area contributed by atoms with Crippen LogP contribution in [0.15, 0.2) is 23.1 Å². The molecule has 0 saturated heterocycles. The molecule has 0 aromatic heterocycles. The zero-order chi connectivity index (χ0) is 13.1. The molecule has 1 atom stereocenters. The first-order valence-electron chi connectivity index (χ1n) is 5.30. The Balaban J connectivity index is 2.86. The first kappa shape index (κ1) is 14.1. The number of nitrogens with one attached hydrogen (secondary N) is 2. The predicted octanol–water partition coefficient (Wildman–Crippen LogP) is 1.02. The van der Waals surface area contributed by atoms with Crippen LogP contribution in [0.1, 0.15) is 12.5 Å². The van der Waals surface area contributed by atoms with Crippen molar-refractivity contribution in [2.24, 2.45) is 0 Å². The van der Waals surface area contributed by atoms with Gasteiger partial charge in [0.1, 0.15) is 5.82 Å². The first-order chi connectivity index (χ1) is 7.86. The summed E-state index contributed by atoms with van der Waals surface area (Å²) in [4.78, 5) is 0.0831. The van der Waals surface area contributed by atoms with E-state index in [-0.39, 0.29) is 17.5 Å². The molecule has 0 saturated carbocycles. The molecule has 1 unspecified atom stereocenters. The van der Waals surface area contributed by atoms with E-state index < -0.39 is 15.8 Å². The third-order valence-corrected chi connectivity index (χ3v) is 3.93. The van der Waals surface area contributed by atoms with Gasteiger partial charge in [-0.2, -0.15) is 0 Å². The maximum Gasteiger partial charge on any atom is 0.240 e. The van der Waals surface area contributed by atoms with Gasteiger partial charge in [0.15, 0.2) is 0 Å². The van der Waals surface area contributed by atoms with Gasteiger partial charge in [0.05, 0.1) is 4.90 Å². The van der Waals surface area contributed by atoms with Crippen molar-refractivity contribution >= 4 is 10.0 Å². The number of hydrogen-bond donors (Lipinski definition) is 2. The lowest BCUT2D eigenvalue weighted by atomic mass is 10.2. The monoisotopic (exact) mass is 260 g/mol. The van der Waals surface area contributed by atoms with Crippen molar-refractivity contribution in [2.45, 2.75) is 24.8 Å². The van der Waals surface area contributed by atoms with Gasteiger partial charge in [0.25, 0.3) is 0 Å². The molecule has 0 aliphatic rings. The van der Waals surface area contributed by atoms with Crippen LogP contribution in [0.2, 0.25) is 0 Å². The number of likely N-dealkylation sites (N-methyl/N-ethyl adjacent to an activating group) is 1. The Morgan fingerprint density at radius 2 is 2.06 bits per heavy atom. The zero-order valence-electron chi connectivity index (χ0n) is 10.1. The Labute approximate surface area is 101 Å². The van der Waals surface area contributed by atoms with Gasteiger partial charge in [-0.1, -0.05) is 0 Å². The lowest BCUT2D eigenvalue weighted by molar-refractivity contribution is 0.553. The number of benzene rings is 1. The van der Waals surface area contributed by atoms with E-state index in [4.69, 9.17) is 0 Å². The average molecular weight is 260 g/mol. The number of sulfonamides is 1. The van der Waals surface area contributed by atoms with Gasteiger partial charge in [0.2, 0.25) is 10.0 Å². The van der Waals surface area contributed by atoms with E-state index in [1.54, 1.807) is 7.05 Å². The molecule has 0 bridgehead atoms. The zero-order valence-corrected chi connectivity index (χ0v) is 10.9. The number of aryl methyl sites for hydroxylation is 1. The van der Waals surface area contributed by atoms with Gasteiger partial charge >= 0.3 is 0 Å². The maximum absolute atomic E-state index is 13.0. The second-order valence-electron chi connectivity index (χ2n) is 3.95. The minimum atomic E-state index is -3.56. The molecule has 6 heteroatoms. The molecule has 4 nitrogen and oxygen atoms in total. The molecule has 1 aromatic rings. The van der Waals surface area contributed by atoms with E-state index in [0.717, 1.165) is 6.07 Å². The van der Waals surface area contributed by atoms with E-state index in [9.17, 15) is 12.8 Å². The van der Waals surface area contributed by atoms with Crippen molar-refractivity contribution in [1.29, 1.82) is 0 Å². The first-order valence-corrected chi connectivity index (χ1v) is 6.78. The fourth-order valence-electron chi connectivity index (χ4n) is 1.20. The Hall–Kier alpha value is -0.980. The molecule has 0 fully saturated rings. The summed E-state index contributed by atoms with van der Waals surface area (Å²) in [5.74, 6) is -0.410. The molecule has 17 heavy (non-hydrogen) atoms. The smallest absolute Gasteiger partial charge is 0.240 e. The molecule has 0 heterocycles. The second kappa shape index (κ2) is 5.57. The molecule has 0 amide bonds. The molecular formula is C11H17FN2O2S. The number of halogens is 1. The van der Waals surface area contributed by atoms with Crippen LogP contribution in [0.3, 0.4) is 0 Å². The van der Waals surface area contributed by atoms with Gasteiger partial charge in [-0.15, -0.1) is 0 Å². The SMILES string of the molecule is CNC(C)CNS(=O)(=O)c1ccc(F)c(C)c1. The fourth-order valence-corrected chi connectivity index (χ4v) is 2.42. The van der Waals surface area contributed by atoms with Crippen LogP contribution in [0.5, 0.6) is 0 Å². The van der Waals surface area contributed by atoms with Gasteiger partial charge in [-0.25, -0.2) is 17.5 Å². The number of hydrogen-bond acceptors (Lipinski definition) is 3. The Bertz CT molecular complexity index is 488. The predicted molar refractivity (Wildman–Crippen MR) is 64.8 cm³/mol. The molecule has 0 radical (unpaired) electrons. The van der Waals surface area contributed by atoms with Crippen LogP contribution in [-0.2, 0) is 10.0 Å². The van der Waals surface area contributed by atoms with E-state index in [1.807, 2.05) is 6.92 Å². The topological polar surface area (TPSA) is 58.2 Å². The average Bonchev–Trinajstić information content (AvgIpc) is 2.29. The fraction of sp³-hybridized carbons (Fsp3) is 0.455. The molecular weight excluding hydrogens is 243 g/mol. The van der Waals surface area contributed by atoms with E-state index in [2.05, 4.69) is 10.0 Å². The van der Waals surface area contributed by atoms with Crippen LogP contribution in [0.4, 0.5) is 4.39 Å². The lowest BCUT2D eigenvalue weighted by Gasteiger charge is -2.12. The van der Waals surface area contributed by atoms with Crippen LogP contribution in [0.25, 0.3) is 0 Å². The second-order valence-corrected chi connectivity index (χ2v) is 5.72. The van der Waals surface area contributed by atoms with Gasteiger partial charge in [-0.05, 0) is 44.7 Å². The Morgan fingerprint density at radius 3 is 2.59 bits per heavy atom. The molecule has 96 valence electrons. The quantitative estimate of drug-likeness (QED) is 0.831. The van der Waals surface area contributed by atoms with E-state index >= 15 is 0 Å². The van der Waals surface area contributed by atoms with Crippen LogP contribution < -0.4 is 10.0 Å². The van der Waals surface area contributed by atoms with Crippen LogP contribution in [0, 0.1) is 12.7 Å². The summed E-state index contributed by atoms with van der Waals surface area (Å²) >= 11 is 0. The summed E-state index contributed by atoms with van der Waals surface area (Å²) in [5, 5.41) is 2.92. The van der Waals surface area contributed by atoms with Gasteiger partial charge < -0.3 is 5.32 Å². The van der Waals surface area contributed by atoms with Crippen molar-refractivity contribution in [2.75, 3.05) is 13.6 Å².